The van der Waals surface area contributed by atoms with Gasteiger partial charge in [-0.05, 0) is 30.7 Å². The van der Waals surface area contributed by atoms with Crippen LogP contribution in [0.2, 0.25) is 0 Å². The number of nitrogens with one attached hydrogen (secondary N) is 1. The van der Waals surface area contributed by atoms with Crippen LogP contribution in [-0.4, -0.2) is 27.9 Å². The molecule has 1 aliphatic heterocycles. The van der Waals surface area contributed by atoms with Crippen molar-refractivity contribution >= 4 is 34.5 Å². The van der Waals surface area contributed by atoms with E-state index in [1.165, 1.54) is 6.07 Å². The summed E-state index contributed by atoms with van der Waals surface area (Å²) in [4.78, 5) is 31.8. The van der Waals surface area contributed by atoms with Crippen molar-refractivity contribution in [2.75, 3.05) is 16.8 Å². The average molecular weight is 398 g/mol. The molecule has 2 aromatic carbocycles. The molecule has 150 valence electrons. The molecule has 1 atom stereocenters. The number of anilines is 2. The van der Waals surface area contributed by atoms with Crippen molar-refractivity contribution in [1.29, 1.82) is 0 Å². The number of unbranched alkanes of at least 4 members (excludes halogenated alkanes) is 1. The Morgan fingerprint density at radius 1 is 1.17 bits per heavy atom. The smallest absolute Gasteiger partial charge is 0.253 e. The summed E-state index contributed by atoms with van der Waals surface area (Å²) in [6.45, 7) is 2.57. The second-order valence-electron chi connectivity index (χ2n) is 7.01. The van der Waals surface area contributed by atoms with Gasteiger partial charge in [-0.1, -0.05) is 25.5 Å². The molecule has 1 aliphatic rings. The number of benzene rings is 2. The van der Waals surface area contributed by atoms with Gasteiger partial charge in [-0.2, -0.15) is 0 Å². The molecule has 0 fully saturated rings. The summed E-state index contributed by atoms with van der Waals surface area (Å²) in [7, 11) is 0. The van der Waals surface area contributed by atoms with Crippen molar-refractivity contribution in [2.45, 2.75) is 32.2 Å². The summed E-state index contributed by atoms with van der Waals surface area (Å²) in [5.41, 5.74) is 1.67. The van der Waals surface area contributed by atoms with E-state index in [1.807, 2.05) is 31.2 Å². The fourth-order valence-electron chi connectivity index (χ4n) is 3.58. The highest BCUT2D eigenvalue weighted by atomic mass is 19.2. The molecule has 0 aliphatic carbocycles. The van der Waals surface area contributed by atoms with Crippen LogP contribution in [0.1, 0.15) is 32.2 Å². The highest BCUT2D eigenvalue weighted by Gasteiger charge is 2.40. The van der Waals surface area contributed by atoms with Gasteiger partial charge in [0.05, 0.1) is 17.5 Å². The van der Waals surface area contributed by atoms with Gasteiger partial charge in [-0.15, -0.1) is 0 Å². The Morgan fingerprint density at radius 2 is 1.97 bits per heavy atom. The van der Waals surface area contributed by atoms with E-state index in [-0.39, 0.29) is 18.0 Å². The molecule has 2 amide bonds. The number of rotatable bonds is 6. The molecule has 6 nitrogen and oxygen atoms in total. The van der Waals surface area contributed by atoms with Crippen LogP contribution in [0.25, 0.3) is 11.0 Å². The van der Waals surface area contributed by atoms with E-state index in [1.54, 1.807) is 9.47 Å². The molecule has 0 saturated heterocycles. The van der Waals surface area contributed by atoms with Crippen LogP contribution in [-0.2, 0) is 9.59 Å². The van der Waals surface area contributed by atoms with Crippen LogP contribution in [0, 0.1) is 11.6 Å². The average Bonchev–Trinajstić information content (AvgIpc) is 3.18. The largest absolute Gasteiger partial charge is 0.326 e. The SMILES string of the molecule is CCCCN1C(=O)C(CC(=O)Nc2ccc(F)c(F)c2)n2c1nc1ccccc12. The van der Waals surface area contributed by atoms with E-state index in [4.69, 9.17) is 0 Å². The summed E-state index contributed by atoms with van der Waals surface area (Å²) in [6, 6.07) is 9.85. The van der Waals surface area contributed by atoms with Gasteiger partial charge in [0.25, 0.3) is 5.91 Å². The van der Waals surface area contributed by atoms with Gasteiger partial charge in [-0.25, -0.2) is 13.8 Å². The molecule has 0 radical (unpaired) electrons. The fraction of sp³-hybridized carbons (Fsp3) is 0.286. The number of para-hydroxylation sites is 2. The maximum absolute atomic E-state index is 13.4. The van der Waals surface area contributed by atoms with E-state index in [0.29, 0.717) is 12.5 Å². The molecule has 8 heteroatoms. The van der Waals surface area contributed by atoms with Gasteiger partial charge in [0.2, 0.25) is 11.9 Å². The molecule has 0 bridgehead atoms. The fourth-order valence-corrected chi connectivity index (χ4v) is 3.58. The summed E-state index contributed by atoms with van der Waals surface area (Å²) in [5, 5.41) is 2.54. The summed E-state index contributed by atoms with van der Waals surface area (Å²) in [6.07, 6.45) is 1.61. The Bertz CT molecular complexity index is 1100. The van der Waals surface area contributed by atoms with Gasteiger partial charge in [0.15, 0.2) is 11.6 Å². The lowest BCUT2D eigenvalue weighted by molar-refractivity contribution is -0.124. The minimum absolute atomic E-state index is 0.131. The summed E-state index contributed by atoms with van der Waals surface area (Å²) in [5.74, 6) is -2.15. The molecule has 1 aromatic heterocycles. The number of fused-ring (bicyclic) bond motifs is 3. The Labute approximate surface area is 166 Å². The Kier molecular flexibility index (Phi) is 5.00. The summed E-state index contributed by atoms with van der Waals surface area (Å²) >= 11 is 0. The first-order valence-corrected chi connectivity index (χ1v) is 9.53. The van der Waals surface area contributed by atoms with Crippen molar-refractivity contribution in [2.24, 2.45) is 0 Å². The van der Waals surface area contributed by atoms with Crippen LogP contribution < -0.4 is 10.2 Å². The predicted octanol–water partition coefficient (Wildman–Crippen LogP) is 4.03. The topological polar surface area (TPSA) is 67.2 Å². The molecule has 2 heterocycles. The standard InChI is InChI=1S/C21H20F2N4O2/c1-2-3-10-26-20(29)18(27-17-7-5-4-6-16(17)25-21(26)27)12-19(28)24-13-8-9-14(22)15(23)11-13/h4-9,11,18H,2-3,10,12H2,1H3,(H,24,28). The normalized spacial score (nSPS) is 15.8. The van der Waals surface area contributed by atoms with E-state index in [9.17, 15) is 18.4 Å². The van der Waals surface area contributed by atoms with Crippen LogP contribution in [0.4, 0.5) is 20.4 Å². The van der Waals surface area contributed by atoms with Gasteiger partial charge < -0.3 is 5.32 Å². The predicted molar refractivity (Wildman–Crippen MR) is 106 cm³/mol. The van der Waals surface area contributed by atoms with Gasteiger partial charge in [0.1, 0.15) is 6.04 Å². The molecule has 1 N–H and O–H groups in total. The molecule has 3 aromatic rings. The monoisotopic (exact) mass is 398 g/mol. The van der Waals surface area contributed by atoms with E-state index < -0.39 is 23.6 Å². The second kappa shape index (κ2) is 7.62. The number of nitrogens with zero attached hydrogens (tertiary/aromatic N) is 3. The number of hydrogen-bond donors (Lipinski definition) is 1. The van der Waals surface area contributed by atoms with Crippen molar-refractivity contribution in [3.05, 3.63) is 54.1 Å². The van der Waals surface area contributed by atoms with E-state index in [0.717, 1.165) is 36.0 Å². The number of aromatic nitrogens is 2. The van der Waals surface area contributed by atoms with Crippen molar-refractivity contribution in [3.63, 3.8) is 0 Å². The lowest BCUT2D eigenvalue weighted by Gasteiger charge is -2.15. The molecule has 29 heavy (non-hydrogen) atoms. The van der Waals surface area contributed by atoms with Crippen LogP contribution in [0.15, 0.2) is 42.5 Å². The van der Waals surface area contributed by atoms with E-state index >= 15 is 0 Å². The zero-order chi connectivity index (χ0) is 20.5. The Morgan fingerprint density at radius 3 is 2.72 bits per heavy atom. The van der Waals surface area contributed by atoms with Crippen LogP contribution in [0.5, 0.6) is 0 Å². The highest BCUT2D eigenvalue weighted by Crippen LogP contribution is 2.36. The van der Waals surface area contributed by atoms with Gasteiger partial charge >= 0.3 is 0 Å². The molecular weight excluding hydrogens is 378 g/mol. The first-order chi connectivity index (χ1) is 14.0. The van der Waals surface area contributed by atoms with Crippen LogP contribution in [0.3, 0.4) is 0 Å². The first kappa shape index (κ1) is 19.0. The number of amides is 2. The molecule has 0 spiro atoms. The number of carbonyl (C=O) groups excluding carboxylic acids is 2. The molecular formula is C21H20F2N4O2. The quantitative estimate of drug-likeness (QED) is 0.682. The second-order valence-corrected chi connectivity index (χ2v) is 7.01. The van der Waals surface area contributed by atoms with E-state index in [2.05, 4.69) is 10.3 Å². The highest BCUT2D eigenvalue weighted by molar-refractivity contribution is 6.05. The number of carbonyl (C=O) groups is 2. The Balaban J connectivity index is 1.62. The molecule has 0 saturated carbocycles. The Hall–Kier alpha value is -3.29. The summed E-state index contributed by atoms with van der Waals surface area (Å²) < 4.78 is 28.3. The maximum atomic E-state index is 13.4. The van der Waals surface area contributed by atoms with Crippen molar-refractivity contribution < 1.29 is 18.4 Å². The zero-order valence-electron chi connectivity index (χ0n) is 15.9. The first-order valence-electron chi connectivity index (χ1n) is 9.53. The third-order valence-electron chi connectivity index (χ3n) is 5.00. The lowest BCUT2D eigenvalue weighted by atomic mass is 10.1. The zero-order valence-corrected chi connectivity index (χ0v) is 15.9. The number of hydrogen-bond acceptors (Lipinski definition) is 3. The van der Waals surface area contributed by atoms with Gasteiger partial charge in [-0.3, -0.25) is 19.1 Å². The minimum Gasteiger partial charge on any atom is -0.326 e. The maximum Gasteiger partial charge on any atom is 0.253 e. The third kappa shape index (κ3) is 3.46. The number of imidazole rings is 1. The third-order valence-corrected chi connectivity index (χ3v) is 5.00. The molecule has 1 unspecified atom stereocenters. The van der Waals surface area contributed by atoms with Crippen molar-refractivity contribution in [3.8, 4) is 0 Å². The molecule has 4 rings (SSSR count). The minimum atomic E-state index is -1.05. The number of halogens is 2. The van der Waals surface area contributed by atoms with Crippen molar-refractivity contribution in [1.82, 2.24) is 9.55 Å². The lowest BCUT2D eigenvalue weighted by Crippen LogP contribution is -2.32. The van der Waals surface area contributed by atoms with Gasteiger partial charge in [0, 0.05) is 18.3 Å². The van der Waals surface area contributed by atoms with Crippen LogP contribution >= 0.6 is 0 Å².